The molecule has 10 rings (SSSR count). The van der Waals surface area contributed by atoms with Gasteiger partial charge in [0.2, 0.25) is 0 Å². The normalized spacial score (nSPS) is 12.8. The SMILES string of the molecule is Cc1cc(-c2ccc3o[c-]c(-c4nc5ccccc5n4-c4c(-c5ccccc5)cccc4-c4ccccc4)c3c2)ccn1.[2H]C([2H])([2H])c1c[c-]c(-c2ccc(C([2H])([2H])[2H])cn2)cc1.[Ir]. The van der Waals surface area contributed by atoms with E-state index in [0.717, 1.165) is 78.2 Å². The monoisotopic (exact) mass is 933 g/mol. The summed E-state index contributed by atoms with van der Waals surface area (Å²) >= 11 is 0. The Morgan fingerprint density at radius 1 is 0.638 bits per heavy atom. The van der Waals surface area contributed by atoms with Gasteiger partial charge in [-0.05, 0) is 71.6 Å². The van der Waals surface area contributed by atoms with Gasteiger partial charge in [0.1, 0.15) is 0 Å². The summed E-state index contributed by atoms with van der Waals surface area (Å²) in [4.78, 5) is 13.7. The minimum atomic E-state index is -2.18. The van der Waals surface area contributed by atoms with Crippen molar-refractivity contribution in [3.63, 3.8) is 0 Å². The maximum atomic E-state index is 7.28. The van der Waals surface area contributed by atoms with Crippen LogP contribution in [0.15, 0.2) is 181 Å². The van der Waals surface area contributed by atoms with Crippen LogP contribution in [0.25, 0.3) is 83.7 Å². The number of pyridine rings is 2. The summed E-state index contributed by atoms with van der Waals surface area (Å²) in [5, 5.41) is 0.960. The van der Waals surface area contributed by atoms with E-state index < -0.39 is 13.7 Å². The zero-order chi connectivity index (χ0) is 43.7. The smallest absolute Gasteiger partial charge is 0.0774 e. The van der Waals surface area contributed by atoms with Crippen molar-refractivity contribution < 1.29 is 32.7 Å². The summed E-state index contributed by atoms with van der Waals surface area (Å²) in [5.41, 5.74) is 13.8. The van der Waals surface area contributed by atoms with E-state index in [9.17, 15) is 0 Å². The van der Waals surface area contributed by atoms with Gasteiger partial charge in [0.05, 0.1) is 22.5 Å². The van der Waals surface area contributed by atoms with Gasteiger partial charge >= 0.3 is 0 Å². The van der Waals surface area contributed by atoms with E-state index in [4.69, 9.17) is 17.6 Å². The van der Waals surface area contributed by atoms with Crippen molar-refractivity contribution >= 4 is 22.0 Å². The molecule has 6 heteroatoms. The Labute approximate surface area is 360 Å². The Morgan fingerprint density at radius 2 is 1.34 bits per heavy atom. The molecule has 0 saturated heterocycles. The first-order chi connectivity index (χ1) is 30.4. The number of fused-ring (bicyclic) bond motifs is 2. The molecular weight excluding hydrogens is 889 g/mol. The van der Waals surface area contributed by atoms with Crippen molar-refractivity contribution in [3.05, 3.63) is 205 Å². The summed E-state index contributed by atoms with van der Waals surface area (Å²) < 4.78 is 52.0. The molecule has 5 nitrogen and oxygen atoms in total. The summed E-state index contributed by atoms with van der Waals surface area (Å²) in [6.45, 7) is -2.33. The predicted octanol–water partition coefficient (Wildman–Crippen LogP) is 13.1. The van der Waals surface area contributed by atoms with Crippen LogP contribution in [0.2, 0.25) is 0 Å². The second-order valence-corrected chi connectivity index (χ2v) is 13.6. The Kier molecular flexibility index (Phi) is 9.08. The fourth-order valence-corrected chi connectivity index (χ4v) is 7.09. The number of aryl methyl sites for hydroxylation is 3. The molecule has 4 heterocycles. The Hall–Kier alpha value is -6.72. The second kappa shape index (κ2) is 16.8. The number of hydrogen-bond donors (Lipinski definition) is 0. The molecule has 0 amide bonds. The molecular formula is C52H38IrN4O-2. The third-order valence-electron chi connectivity index (χ3n) is 9.81. The van der Waals surface area contributed by atoms with Crippen LogP contribution in [-0.4, -0.2) is 19.5 Å². The third kappa shape index (κ3) is 7.68. The van der Waals surface area contributed by atoms with Gasteiger partial charge in [-0.25, -0.2) is 0 Å². The fraction of sp³-hybridized carbons (Fsp3) is 0.0577. The van der Waals surface area contributed by atoms with Gasteiger partial charge in [0, 0.05) is 69.4 Å². The van der Waals surface area contributed by atoms with Crippen molar-refractivity contribution in [2.75, 3.05) is 0 Å². The van der Waals surface area contributed by atoms with Gasteiger partial charge in [0.25, 0.3) is 0 Å². The molecule has 6 aromatic carbocycles. The van der Waals surface area contributed by atoms with Gasteiger partial charge in [-0.2, -0.15) is 0 Å². The first-order valence-electron chi connectivity index (χ1n) is 21.5. The van der Waals surface area contributed by atoms with Crippen LogP contribution in [0.5, 0.6) is 0 Å². The van der Waals surface area contributed by atoms with Crippen molar-refractivity contribution in [2.45, 2.75) is 20.6 Å². The van der Waals surface area contributed by atoms with Crippen LogP contribution in [0, 0.1) is 33.0 Å². The number of benzene rings is 6. The Morgan fingerprint density at radius 3 is 2.02 bits per heavy atom. The van der Waals surface area contributed by atoms with Gasteiger partial charge in [-0.15, -0.1) is 35.4 Å². The number of para-hydroxylation sites is 3. The molecule has 1 radical (unpaired) electrons. The molecule has 0 aliphatic heterocycles. The molecule has 0 spiro atoms. The number of imidazole rings is 1. The summed E-state index contributed by atoms with van der Waals surface area (Å²) in [7, 11) is 0. The summed E-state index contributed by atoms with van der Waals surface area (Å²) in [6, 6.07) is 56.8. The molecule has 58 heavy (non-hydrogen) atoms. The maximum Gasteiger partial charge on any atom is 0.0774 e. The van der Waals surface area contributed by atoms with Crippen molar-refractivity contribution in [3.8, 4) is 61.7 Å². The first kappa shape index (κ1) is 31.4. The van der Waals surface area contributed by atoms with Crippen LogP contribution in [-0.2, 0) is 20.1 Å². The van der Waals surface area contributed by atoms with E-state index >= 15 is 0 Å². The molecule has 0 N–H and O–H groups in total. The quantitative estimate of drug-likeness (QED) is 0.156. The van der Waals surface area contributed by atoms with Crippen molar-refractivity contribution in [1.29, 1.82) is 0 Å². The minimum Gasteiger partial charge on any atom is -0.557 e. The van der Waals surface area contributed by atoms with E-state index in [1.54, 1.807) is 12.1 Å². The maximum absolute atomic E-state index is 7.28. The topological polar surface area (TPSA) is 56.7 Å². The molecule has 4 aromatic heterocycles. The Bertz CT molecular complexity index is 3090. The van der Waals surface area contributed by atoms with E-state index in [1.807, 2.05) is 31.3 Å². The first-order valence-corrected chi connectivity index (χ1v) is 18.5. The standard InChI is InChI=1S/C39H26N3O.C13H12N.Ir/c1-26-23-30(21-22-40-26)29-19-20-37-33(24-29)34(25-43-37)39-41-35-17-8-9-18-36(35)42(39)38-31(27-11-4-2-5-12-27)15-10-16-32(38)28-13-6-3-7-14-28;1-10-3-6-12(7-4-10)13-8-5-11(2)9-14-13;/h2-24H,1H3;3-6,8-9H,1-2H3;/q2*-1;/i;1D3,2D3;. The zero-order valence-electron chi connectivity index (χ0n) is 37.3. The van der Waals surface area contributed by atoms with E-state index in [-0.39, 0.29) is 31.2 Å². The van der Waals surface area contributed by atoms with E-state index in [2.05, 4.69) is 142 Å². The average molecular weight is 933 g/mol. The van der Waals surface area contributed by atoms with E-state index in [1.165, 1.54) is 24.4 Å². The van der Waals surface area contributed by atoms with Crippen LogP contribution in [0.3, 0.4) is 0 Å². The molecule has 10 aromatic rings. The number of furan rings is 1. The molecule has 0 aliphatic carbocycles. The second-order valence-electron chi connectivity index (χ2n) is 13.6. The summed E-state index contributed by atoms with van der Waals surface area (Å²) in [5.74, 6) is 0.781. The number of aromatic nitrogens is 4. The van der Waals surface area contributed by atoms with Crippen LogP contribution in [0.4, 0.5) is 0 Å². The van der Waals surface area contributed by atoms with Crippen molar-refractivity contribution in [1.82, 2.24) is 19.5 Å². The summed E-state index contributed by atoms with van der Waals surface area (Å²) in [6.07, 6.45) is 6.39. The zero-order valence-corrected chi connectivity index (χ0v) is 33.7. The van der Waals surface area contributed by atoms with Gasteiger partial charge < -0.3 is 14.0 Å². The molecule has 0 fully saturated rings. The molecule has 0 saturated carbocycles. The number of hydrogen-bond acceptors (Lipinski definition) is 4. The van der Waals surface area contributed by atoms with Crippen LogP contribution in [0.1, 0.15) is 25.0 Å². The Balaban J connectivity index is 0.000000225. The van der Waals surface area contributed by atoms with Crippen molar-refractivity contribution in [2.24, 2.45) is 0 Å². The molecule has 0 aliphatic rings. The molecule has 0 bridgehead atoms. The fourth-order valence-electron chi connectivity index (χ4n) is 7.09. The average Bonchev–Trinajstić information content (AvgIpc) is 3.90. The molecule has 0 atom stereocenters. The van der Waals surface area contributed by atoms with E-state index in [0.29, 0.717) is 11.3 Å². The van der Waals surface area contributed by atoms with Crippen LogP contribution >= 0.6 is 0 Å². The predicted molar refractivity (Wildman–Crippen MR) is 232 cm³/mol. The number of nitrogens with zero attached hydrogens (tertiary/aromatic N) is 4. The van der Waals surface area contributed by atoms with Crippen LogP contribution < -0.4 is 0 Å². The van der Waals surface area contributed by atoms with Gasteiger partial charge in [-0.3, -0.25) is 9.97 Å². The molecule has 0 unspecified atom stereocenters. The third-order valence-corrected chi connectivity index (χ3v) is 9.81. The molecule has 283 valence electrons. The number of rotatable bonds is 6. The van der Waals surface area contributed by atoms with Gasteiger partial charge in [-0.1, -0.05) is 139 Å². The minimum absolute atomic E-state index is 0. The van der Waals surface area contributed by atoms with Gasteiger partial charge in [0.15, 0.2) is 0 Å². The largest absolute Gasteiger partial charge is 0.557 e.